The average molecular weight is 1120 g/mol. The van der Waals surface area contributed by atoms with Crippen LogP contribution >= 0.6 is 34.0 Å². The molecule has 13 rings (SSSR count). The number of benzene rings is 6. The van der Waals surface area contributed by atoms with Crippen molar-refractivity contribution in [2.75, 3.05) is 0 Å². The molecule has 0 radical (unpaired) electrons. The number of ketones is 4. The van der Waals surface area contributed by atoms with E-state index in [2.05, 4.69) is 0 Å². The third-order valence-electron chi connectivity index (χ3n) is 14.9. The van der Waals surface area contributed by atoms with Crippen molar-refractivity contribution in [3.63, 3.8) is 0 Å². The summed E-state index contributed by atoms with van der Waals surface area (Å²) in [5, 5.41) is 0. The largest absolute Gasteiger partial charge is 0.459 e. The Hall–Kier alpha value is -9.54. The second-order valence-electron chi connectivity index (χ2n) is 19.6. The van der Waals surface area contributed by atoms with Crippen LogP contribution < -0.4 is 0 Å². The van der Waals surface area contributed by atoms with E-state index < -0.39 is 57.8 Å². The molecule has 0 N–H and O–H groups in total. The minimum Gasteiger partial charge on any atom is -0.459 e. The Labute approximate surface area is 473 Å². The number of carbonyl (C=O) groups excluding carboxylic acids is 8. The Morgan fingerprint density at radius 3 is 1.22 bits per heavy atom. The van der Waals surface area contributed by atoms with Gasteiger partial charge in [-0.25, -0.2) is 0 Å². The Morgan fingerprint density at radius 1 is 0.395 bits per heavy atom. The van der Waals surface area contributed by atoms with E-state index in [0.29, 0.717) is 62.3 Å². The van der Waals surface area contributed by atoms with Gasteiger partial charge in [0, 0.05) is 48.7 Å². The molecule has 0 atom stereocenters. The molecule has 15 heteroatoms. The van der Waals surface area contributed by atoms with Crippen LogP contribution in [0.25, 0.3) is 42.5 Å². The van der Waals surface area contributed by atoms with Crippen LogP contribution in [-0.4, -0.2) is 47.0 Å². The minimum absolute atomic E-state index is 0.0132. The summed E-state index contributed by atoms with van der Waals surface area (Å²) in [6, 6.07) is 50.4. The van der Waals surface area contributed by atoms with Crippen molar-refractivity contribution in [3.8, 4) is 9.75 Å². The van der Waals surface area contributed by atoms with Gasteiger partial charge in [-0.15, -0.1) is 34.0 Å². The number of ether oxygens (including phenoxy) is 4. The maximum Gasteiger partial charge on any atom is 0.333 e. The number of esters is 4. The van der Waals surface area contributed by atoms with Gasteiger partial charge < -0.3 is 18.9 Å². The predicted octanol–water partition coefficient (Wildman–Crippen LogP) is 12.1. The number of rotatable bonds is 14. The summed E-state index contributed by atoms with van der Waals surface area (Å²) in [7, 11) is 0. The highest BCUT2D eigenvalue weighted by molar-refractivity contribution is 7.32. The molecule has 0 spiro atoms. The molecular formula is C66H40O12S3. The Bertz CT molecular complexity index is 4160. The maximum absolute atomic E-state index is 15.8. The van der Waals surface area contributed by atoms with Gasteiger partial charge in [-0.2, -0.15) is 0 Å². The molecular weight excluding hydrogens is 1080 g/mol. The smallest absolute Gasteiger partial charge is 0.333 e. The van der Waals surface area contributed by atoms with Gasteiger partial charge in [-0.3, -0.25) is 38.4 Å². The Kier molecular flexibility index (Phi) is 12.8. The lowest BCUT2D eigenvalue weighted by atomic mass is 9.76. The quantitative estimate of drug-likeness (QED) is 0.0332. The minimum atomic E-state index is -2.50. The van der Waals surface area contributed by atoms with E-state index in [1.165, 1.54) is 23.5 Å². The van der Waals surface area contributed by atoms with Gasteiger partial charge in [-0.1, -0.05) is 170 Å². The molecule has 0 aliphatic heterocycles. The molecule has 4 aliphatic rings. The second kappa shape index (κ2) is 20.3. The van der Waals surface area contributed by atoms with Crippen molar-refractivity contribution in [2.24, 2.45) is 0 Å². The molecule has 81 heavy (non-hydrogen) atoms. The first-order chi connectivity index (χ1) is 39.5. The van der Waals surface area contributed by atoms with Crippen molar-refractivity contribution >= 4 is 114 Å². The van der Waals surface area contributed by atoms with E-state index in [9.17, 15) is 19.2 Å². The zero-order valence-corrected chi connectivity index (χ0v) is 44.9. The van der Waals surface area contributed by atoms with Gasteiger partial charge in [-0.05, 0) is 63.2 Å². The van der Waals surface area contributed by atoms with E-state index in [-0.39, 0.29) is 71.0 Å². The van der Waals surface area contributed by atoms with Crippen LogP contribution in [-0.2, 0) is 85.0 Å². The van der Waals surface area contributed by atoms with Crippen LogP contribution in [0.4, 0.5) is 0 Å². The summed E-state index contributed by atoms with van der Waals surface area (Å²) in [6.07, 6.45) is 4.55. The van der Waals surface area contributed by atoms with Crippen molar-refractivity contribution in [1.82, 2.24) is 0 Å². The SMILES string of the molecule is O=C1C(=O)c2ccccc2/C1=C/C1=Cc2sc3c4c(sc3c2C1(C(=O)OCc1ccccc1)C(=O)OCc1ccccc1)-c1sc(/C=C2\C(=O)C(=O)c3ccccc32)cc1C4(C(=O)OCc1ccccc1)C(=O)OCc1ccccc1. The lowest BCUT2D eigenvalue weighted by molar-refractivity contribution is -0.166. The zero-order valence-electron chi connectivity index (χ0n) is 42.4. The molecule has 6 aromatic carbocycles. The normalized spacial score (nSPS) is 16.0. The van der Waals surface area contributed by atoms with Crippen LogP contribution in [0.5, 0.6) is 0 Å². The highest BCUT2D eigenvalue weighted by atomic mass is 32.1. The zero-order chi connectivity index (χ0) is 55.6. The van der Waals surface area contributed by atoms with Crippen LogP contribution in [0, 0.1) is 0 Å². The predicted molar refractivity (Wildman–Crippen MR) is 306 cm³/mol. The van der Waals surface area contributed by atoms with E-state index in [1.807, 2.05) is 24.3 Å². The van der Waals surface area contributed by atoms with E-state index in [1.54, 1.807) is 158 Å². The summed E-state index contributed by atoms with van der Waals surface area (Å²) < 4.78 is 25.6. The van der Waals surface area contributed by atoms with Crippen molar-refractivity contribution in [2.45, 2.75) is 37.3 Å². The summed E-state index contributed by atoms with van der Waals surface area (Å²) in [6.45, 7) is -1.04. The number of fused-ring (bicyclic) bond motifs is 9. The topological polar surface area (TPSA) is 173 Å². The van der Waals surface area contributed by atoms with Crippen molar-refractivity contribution < 1.29 is 57.3 Å². The van der Waals surface area contributed by atoms with Gasteiger partial charge in [0.05, 0.1) is 19.2 Å². The highest BCUT2D eigenvalue weighted by Gasteiger charge is 2.64. The molecule has 0 saturated carbocycles. The van der Waals surface area contributed by atoms with Crippen LogP contribution in [0.15, 0.2) is 188 Å². The molecule has 12 nitrogen and oxygen atoms in total. The van der Waals surface area contributed by atoms with Crippen LogP contribution in [0.1, 0.15) is 80.5 Å². The van der Waals surface area contributed by atoms with Crippen molar-refractivity contribution in [1.29, 1.82) is 0 Å². The molecule has 0 bridgehead atoms. The monoisotopic (exact) mass is 1120 g/mol. The number of Topliss-reactive ketones (excluding diaryl/α,β-unsaturated/α-hetero) is 4. The van der Waals surface area contributed by atoms with E-state index in [4.69, 9.17) is 18.9 Å². The fourth-order valence-electron chi connectivity index (χ4n) is 11.0. The summed E-state index contributed by atoms with van der Waals surface area (Å²) in [4.78, 5) is 119. The summed E-state index contributed by atoms with van der Waals surface area (Å²) in [5.74, 6) is -7.04. The third kappa shape index (κ3) is 8.22. The molecule has 3 heterocycles. The van der Waals surface area contributed by atoms with Crippen LogP contribution in [0.3, 0.4) is 0 Å². The fourth-order valence-corrected chi connectivity index (χ4v) is 15.4. The van der Waals surface area contributed by atoms with Gasteiger partial charge in [0.1, 0.15) is 26.4 Å². The Balaban J connectivity index is 1.06. The first kappa shape index (κ1) is 50.9. The lowest BCUT2D eigenvalue weighted by Crippen LogP contribution is -2.46. The molecule has 0 saturated heterocycles. The summed E-state index contributed by atoms with van der Waals surface area (Å²) in [5.41, 5.74) is -0.650. The lowest BCUT2D eigenvalue weighted by Gasteiger charge is -2.28. The first-order valence-electron chi connectivity index (χ1n) is 25.6. The standard InChI is InChI=1S/C66H40O12S3/c67-53-45-27-15-13-25-43(45)47(55(53)69)29-41-30-50-51(65(41,61(71)75-33-37-17-5-1-6-18-37)62(72)76-34-38-19-7-2-8-20-38)58-60(80-50)52-59(81-58)57-49(32-42(79-57)31-48-44-26-14-16-28-46(44)54(68)56(48)70)66(52,63(73)77-35-39-21-9-3-10-22-39)64(74)78-36-40-23-11-4-12-24-40/h1-32H,33-36H2/b47-29-,48-31-. The van der Waals surface area contributed by atoms with Gasteiger partial charge in [0.15, 0.2) is 0 Å². The van der Waals surface area contributed by atoms with Crippen molar-refractivity contribution in [3.05, 3.63) is 259 Å². The Morgan fingerprint density at radius 2 is 0.778 bits per heavy atom. The number of allylic oxidation sites excluding steroid dienone is 3. The molecule has 4 aliphatic carbocycles. The van der Waals surface area contributed by atoms with Gasteiger partial charge in [0.25, 0.3) is 0 Å². The highest BCUT2D eigenvalue weighted by Crippen LogP contribution is 2.64. The number of hydrogen-bond acceptors (Lipinski definition) is 15. The number of thiophene rings is 3. The fraction of sp³-hybridized carbons (Fsp3) is 0.0909. The van der Waals surface area contributed by atoms with Gasteiger partial charge >= 0.3 is 23.9 Å². The molecule has 3 aromatic heterocycles. The first-order valence-corrected chi connectivity index (χ1v) is 28.0. The van der Waals surface area contributed by atoms with Crippen LogP contribution in [0.2, 0.25) is 0 Å². The molecule has 9 aromatic rings. The third-order valence-corrected chi connectivity index (χ3v) is 18.6. The molecule has 0 amide bonds. The molecule has 0 fully saturated rings. The second-order valence-corrected chi connectivity index (χ2v) is 22.7. The van der Waals surface area contributed by atoms with E-state index in [0.717, 1.165) is 22.7 Å². The van der Waals surface area contributed by atoms with E-state index >= 15 is 19.2 Å². The molecule has 0 unspecified atom stereocenters. The average Bonchev–Trinajstić information content (AvgIpc) is 1.94. The number of hydrogen-bond donors (Lipinski definition) is 0. The van der Waals surface area contributed by atoms with Gasteiger partial charge in [0.2, 0.25) is 34.0 Å². The number of carbonyl (C=O) groups is 8. The maximum atomic E-state index is 15.8. The summed E-state index contributed by atoms with van der Waals surface area (Å²) >= 11 is 3.41. The molecule has 394 valence electrons.